The van der Waals surface area contributed by atoms with Gasteiger partial charge >= 0.3 is 5.97 Å². The number of benzene rings is 2. The van der Waals surface area contributed by atoms with Gasteiger partial charge in [0.25, 0.3) is 0 Å². The molecule has 0 unspecified atom stereocenters. The van der Waals surface area contributed by atoms with E-state index in [9.17, 15) is 9.90 Å². The normalized spacial score (nSPS) is 10.1. The first kappa shape index (κ1) is 13.1. The van der Waals surface area contributed by atoms with Gasteiger partial charge in [0, 0.05) is 6.42 Å². The zero-order valence-electron chi connectivity index (χ0n) is 10.6. The Morgan fingerprint density at radius 2 is 1.68 bits per heavy atom. The number of carbonyl (C=O) groups is 1. The summed E-state index contributed by atoms with van der Waals surface area (Å²) < 4.78 is 5.17. The molecule has 0 aliphatic heterocycles. The molecule has 0 atom stereocenters. The highest BCUT2D eigenvalue weighted by Crippen LogP contribution is 2.17. The van der Waals surface area contributed by atoms with Crippen LogP contribution in [0.25, 0.3) is 0 Å². The van der Waals surface area contributed by atoms with Gasteiger partial charge in [-0.15, -0.1) is 0 Å². The number of hydrogen-bond acceptors (Lipinski definition) is 3. The lowest BCUT2D eigenvalue weighted by atomic mass is 10.1. The molecule has 1 N–H and O–H groups in total. The van der Waals surface area contributed by atoms with E-state index in [1.165, 1.54) is 0 Å². The summed E-state index contributed by atoms with van der Waals surface area (Å²) in [5.74, 6) is -0.0366. The fourth-order valence-electron chi connectivity index (χ4n) is 1.77. The highest BCUT2D eigenvalue weighted by molar-refractivity contribution is 5.69. The molecule has 0 saturated heterocycles. The zero-order valence-corrected chi connectivity index (χ0v) is 10.6. The highest BCUT2D eigenvalue weighted by Gasteiger charge is 2.06. The smallest absolute Gasteiger partial charge is 0.306 e. The van der Waals surface area contributed by atoms with Crippen LogP contribution in [0.1, 0.15) is 17.5 Å². The number of hydrogen-bond donors (Lipinski definition) is 1. The third-order valence-electron chi connectivity index (χ3n) is 2.83. The largest absolute Gasteiger partial charge is 0.508 e. The van der Waals surface area contributed by atoms with Crippen LogP contribution in [-0.2, 0) is 22.6 Å². The number of phenolic OH excluding ortho intramolecular Hbond substituents is 1. The molecular formula is C16H16O3. The van der Waals surface area contributed by atoms with E-state index in [-0.39, 0.29) is 18.1 Å². The topological polar surface area (TPSA) is 46.5 Å². The Morgan fingerprint density at radius 3 is 2.42 bits per heavy atom. The van der Waals surface area contributed by atoms with E-state index in [4.69, 9.17) is 4.74 Å². The van der Waals surface area contributed by atoms with Crippen LogP contribution in [0.15, 0.2) is 54.6 Å². The molecule has 98 valence electrons. The Balaban J connectivity index is 1.78. The van der Waals surface area contributed by atoms with Crippen LogP contribution in [0.4, 0.5) is 0 Å². The average molecular weight is 256 g/mol. The summed E-state index contributed by atoms with van der Waals surface area (Å²) in [5, 5.41) is 9.58. The van der Waals surface area contributed by atoms with Crippen LogP contribution in [-0.4, -0.2) is 11.1 Å². The molecule has 0 aromatic heterocycles. The summed E-state index contributed by atoms with van der Waals surface area (Å²) in [7, 11) is 0. The first-order valence-electron chi connectivity index (χ1n) is 6.22. The van der Waals surface area contributed by atoms with E-state index in [0.717, 1.165) is 11.1 Å². The van der Waals surface area contributed by atoms with Crippen molar-refractivity contribution in [2.45, 2.75) is 19.4 Å². The van der Waals surface area contributed by atoms with Crippen molar-refractivity contribution in [2.75, 3.05) is 0 Å². The van der Waals surface area contributed by atoms with Gasteiger partial charge in [0.1, 0.15) is 12.4 Å². The summed E-state index contributed by atoms with van der Waals surface area (Å²) in [6, 6.07) is 16.6. The molecule has 3 nitrogen and oxygen atoms in total. The van der Waals surface area contributed by atoms with E-state index < -0.39 is 0 Å². The Hall–Kier alpha value is -2.29. The van der Waals surface area contributed by atoms with Crippen molar-refractivity contribution in [1.82, 2.24) is 0 Å². The number of carbonyl (C=O) groups excluding carboxylic acids is 1. The minimum absolute atomic E-state index is 0.221. The Morgan fingerprint density at radius 1 is 1.00 bits per heavy atom. The predicted octanol–water partition coefficient (Wildman–Crippen LogP) is 3.07. The zero-order chi connectivity index (χ0) is 13.5. The van der Waals surface area contributed by atoms with E-state index in [0.29, 0.717) is 13.0 Å². The number of phenols is 1. The molecule has 0 heterocycles. The van der Waals surface area contributed by atoms with Gasteiger partial charge in [0.05, 0.1) is 0 Å². The SMILES string of the molecule is O=C(CCc1ccccc1O)OCc1ccccc1. The van der Waals surface area contributed by atoms with Gasteiger partial charge in [-0.25, -0.2) is 0 Å². The molecule has 19 heavy (non-hydrogen) atoms. The van der Waals surface area contributed by atoms with E-state index >= 15 is 0 Å². The van der Waals surface area contributed by atoms with Gasteiger partial charge in [0.15, 0.2) is 0 Å². The number of rotatable bonds is 5. The van der Waals surface area contributed by atoms with Gasteiger partial charge in [-0.05, 0) is 23.6 Å². The Labute approximate surface area is 112 Å². The molecule has 0 bridgehead atoms. The summed E-state index contributed by atoms with van der Waals surface area (Å²) in [6.07, 6.45) is 0.755. The lowest BCUT2D eigenvalue weighted by molar-refractivity contribution is -0.144. The summed E-state index contributed by atoms with van der Waals surface area (Å²) in [5.41, 5.74) is 1.73. The average Bonchev–Trinajstić information content (AvgIpc) is 2.45. The van der Waals surface area contributed by atoms with Gasteiger partial charge in [0.2, 0.25) is 0 Å². The van der Waals surface area contributed by atoms with Crippen LogP contribution in [0.2, 0.25) is 0 Å². The van der Waals surface area contributed by atoms with Crippen molar-refractivity contribution in [3.63, 3.8) is 0 Å². The second-order valence-corrected chi connectivity index (χ2v) is 4.27. The molecule has 3 heteroatoms. The molecule has 0 fully saturated rings. The quantitative estimate of drug-likeness (QED) is 0.836. The van der Waals surface area contributed by atoms with E-state index in [1.54, 1.807) is 18.2 Å². The Kier molecular flexibility index (Phi) is 4.56. The summed E-state index contributed by atoms with van der Waals surface area (Å²) in [4.78, 5) is 11.6. The third-order valence-corrected chi connectivity index (χ3v) is 2.83. The first-order chi connectivity index (χ1) is 9.25. The van der Waals surface area contributed by atoms with Crippen molar-refractivity contribution in [3.05, 3.63) is 65.7 Å². The second-order valence-electron chi connectivity index (χ2n) is 4.27. The molecule has 0 amide bonds. The maximum absolute atomic E-state index is 11.6. The van der Waals surface area contributed by atoms with E-state index in [1.807, 2.05) is 36.4 Å². The van der Waals surface area contributed by atoms with Crippen LogP contribution in [0, 0.1) is 0 Å². The summed E-state index contributed by atoms with van der Waals surface area (Å²) in [6.45, 7) is 0.292. The van der Waals surface area contributed by atoms with Crippen molar-refractivity contribution in [3.8, 4) is 5.75 Å². The lowest BCUT2D eigenvalue weighted by Crippen LogP contribution is -2.05. The van der Waals surface area contributed by atoms with Gasteiger partial charge in [-0.2, -0.15) is 0 Å². The van der Waals surface area contributed by atoms with Crippen LogP contribution < -0.4 is 0 Å². The number of ether oxygens (including phenoxy) is 1. The van der Waals surface area contributed by atoms with Crippen LogP contribution in [0.3, 0.4) is 0 Å². The number of aromatic hydroxyl groups is 1. The number of esters is 1. The fraction of sp³-hybridized carbons (Fsp3) is 0.188. The molecular weight excluding hydrogens is 240 g/mol. The van der Waals surface area contributed by atoms with Gasteiger partial charge in [-0.3, -0.25) is 4.79 Å². The van der Waals surface area contributed by atoms with Crippen molar-refractivity contribution < 1.29 is 14.6 Å². The maximum Gasteiger partial charge on any atom is 0.306 e. The number of aryl methyl sites for hydroxylation is 1. The molecule has 2 aromatic rings. The fourth-order valence-corrected chi connectivity index (χ4v) is 1.77. The molecule has 0 saturated carbocycles. The molecule has 2 rings (SSSR count). The second kappa shape index (κ2) is 6.59. The third kappa shape index (κ3) is 4.14. The van der Waals surface area contributed by atoms with Gasteiger partial charge in [-0.1, -0.05) is 48.5 Å². The predicted molar refractivity (Wildman–Crippen MR) is 72.7 cm³/mol. The molecule has 0 aliphatic rings. The first-order valence-corrected chi connectivity index (χ1v) is 6.22. The molecule has 2 aromatic carbocycles. The maximum atomic E-state index is 11.6. The van der Waals surface area contributed by atoms with Crippen molar-refractivity contribution >= 4 is 5.97 Å². The van der Waals surface area contributed by atoms with Crippen molar-refractivity contribution in [1.29, 1.82) is 0 Å². The Bertz CT molecular complexity index is 535. The molecule has 0 spiro atoms. The molecule has 0 aliphatic carbocycles. The van der Waals surface area contributed by atoms with Crippen LogP contribution in [0.5, 0.6) is 5.75 Å². The monoisotopic (exact) mass is 256 g/mol. The highest BCUT2D eigenvalue weighted by atomic mass is 16.5. The van der Waals surface area contributed by atoms with Crippen molar-refractivity contribution in [2.24, 2.45) is 0 Å². The van der Waals surface area contributed by atoms with Crippen LogP contribution >= 0.6 is 0 Å². The molecule has 0 radical (unpaired) electrons. The number of para-hydroxylation sites is 1. The summed E-state index contributed by atoms with van der Waals surface area (Å²) >= 11 is 0. The van der Waals surface area contributed by atoms with Gasteiger partial charge < -0.3 is 9.84 Å². The van der Waals surface area contributed by atoms with E-state index in [2.05, 4.69) is 0 Å². The minimum atomic E-state index is -0.257. The standard InChI is InChI=1S/C16H16O3/c17-15-9-5-4-8-14(15)10-11-16(18)19-12-13-6-2-1-3-7-13/h1-9,17H,10-12H2. The lowest BCUT2D eigenvalue weighted by Gasteiger charge is -2.06. The minimum Gasteiger partial charge on any atom is -0.508 e.